The van der Waals surface area contributed by atoms with E-state index in [0.29, 0.717) is 12.3 Å². The highest BCUT2D eigenvalue weighted by Gasteiger charge is 2.12. The topological polar surface area (TPSA) is 106 Å². The van der Waals surface area contributed by atoms with Crippen LogP contribution in [0.4, 0.5) is 0 Å². The summed E-state index contributed by atoms with van der Waals surface area (Å²) in [6.07, 6.45) is 4.86. The molecule has 2 heterocycles. The summed E-state index contributed by atoms with van der Waals surface area (Å²) in [7, 11) is 0. The monoisotopic (exact) mass is 294 g/mol. The molecule has 21 heavy (non-hydrogen) atoms. The molecule has 0 atom stereocenters. The van der Waals surface area contributed by atoms with Gasteiger partial charge in [-0.15, -0.1) is 0 Å². The minimum atomic E-state index is -0.782. The average Bonchev–Trinajstić information content (AvgIpc) is 2.43. The Morgan fingerprint density at radius 2 is 1.95 bits per heavy atom. The Bertz CT molecular complexity index is 611. The number of hydrogen-bond acceptors (Lipinski definition) is 4. The first kappa shape index (κ1) is 15.5. The molecule has 0 spiro atoms. The van der Waals surface area contributed by atoms with Crippen molar-refractivity contribution in [2.24, 2.45) is 4.99 Å². The lowest BCUT2D eigenvalue weighted by Gasteiger charge is -2.23. The fourth-order valence-electron chi connectivity index (χ4n) is 2.75. The maximum absolute atomic E-state index is 11.6. The van der Waals surface area contributed by atoms with Crippen LogP contribution in [0, 0.1) is 0 Å². The number of aromatic amines is 2. The van der Waals surface area contributed by atoms with Crippen molar-refractivity contribution in [3.8, 4) is 5.88 Å². The maximum Gasteiger partial charge on any atom is 0.325 e. The summed E-state index contributed by atoms with van der Waals surface area (Å²) in [5.74, 6) is -0.674. The molecular weight excluding hydrogens is 272 g/mol. The van der Waals surface area contributed by atoms with Gasteiger partial charge in [0, 0.05) is 18.7 Å². The smallest absolute Gasteiger partial charge is 0.325 e. The summed E-state index contributed by atoms with van der Waals surface area (Å²) < 4.78 is 0. The SMILES string of the molecule is CC(=NCCC[NH+]1CCCCC1)c1c([O-])[nH]c(=O)[nH]c1=O. The molecule has 1 aliphatic rings. The van der Waals surface area contributed by atoms with Crippen molar-refractivity contribution in [1.82, 2.24) is 9.97 Å². The molecule has 0 amide bonds. The Morgan fingerprint density at radius 1 is 1.24 bits per heavy atom. The second kappa shape index (κ2) is 7.21. The zero-order valence-electron chi connectivity index (χ0n) is 12.3. The Kier molecular flexibility index (Phi) is 5.32. The summed E-state index contributed by atoms with van der Waals surface area (Å²) in [4.78, 5) is 32.6. The van der Waals surface area contributed by atoms with Gasteiger partial charge in [-0.2, -0.15) is 0 Å². The molecule has 116 valence electrons. The Morgan fingerprint density at radius 3 is 2.62 bits per heavy atom. The summed E-state index contributed by atoms with van der Waals surface area (Å²) in [6, 6.07) is 0. The minimum absolute atomic E-state index is 0.0695. The van der Waals surface area contributed by atoms with Gasteiger partial charge in [0.05, 0.1) is 25.2 Å². The van der Waals surface area contributed by atoms with Crippen LogP contribution >= 0.6 is 0 Å². The Hall–Kier alpha value is -1.89. The molecule has 3 N–H and O–H groups in total. The van der Waals surface area contributed by atoms with Crippen molar-refractivity contribution < 1.29 is 10.0 Å². The molecule has 1 aromatic rings. The molecule has 1 saturated heterocycles. The van der Waals surface area contributed by atoms with E-state index >= 15 is 0 Å². The molecule has 7 heteroatoms. The molecule has 0 aromatic carbocycles. The molecule has 0 aliphatic carbocycles. The number of aromatic nitrogens is 2. The van der Waals surface area contributed by atoms with E-state index < -0.39 is 17.1 Å². The van der Waals surface area contributed by atoms with Crippen LogP contribution in [0.5, 0.6) is 5.88 Å². The number of hydrogen-bond donors (Lipinski definition) is 3. The van der Waals surface area contributed by atoms with Gasteiger partial charge in [-0.25, -0.2) is 4.79 Å². The number of nitrogens with one attached hydrogen (secondary N) is 3. The largest absolute Gasteiger partial charge is 0.860 e. The van der Waals surface area contributed by atoms with Crippen LogP contribution in [0.25, 0.3) is 0 Å². The van der Waals surface area contributed by atoms with Crippen LogP contribution < -0.4 is 21.3 Å². The number of aliphatic imine (C=N–C) groups is 1. The molecule has 7 nitrogen and oxygen atoms in total. The normalized spacial score (nSPS) is 17.1. The lowest BCUT2D eigenvalue weighted by molar-refractivity contribution is -0.904. The minimum Gasteiger partial charge on any atom is -0.860 e. The first-order chi connectivity index (χ1) is 10.1. The molecule has 1 aromatic heterocycles. The van der Waals surface area contributed by atoms with E-state index in [1.54, 1.807) is 11.8 Å². The zero-order chi connectivity index (χ0) is 15.2. The molecule has 0 radical (unpaired) electrons. The molecule has 1 aliphatic heterocycles. The second-order valence-electron chi connectivity index (χ2n) is 5.49. The predicted molar refractivity (Wildman–Crippen MR) is 78.2 cm³/mol. The van der Waals surface area contributed by atoms with Crippen LogP contribution in [0.2, 0.25) is 0 Å². The van der Waals surface area contributed by atoms with E-state index in [9.17, 15) is 14.7 Å². The number of likely N-dealkylation sites (tertiary alicyclic amines) is 1. The fraction of sp³-hybridized carbons (Fsp3) is 0.643. The van der Waals surface area contributed by atoms with Crippen LogP contribution in [0.3, 0.4) is 0 Å². The second-order valence-corrected chi connectivity index (χ2v) is 5.49. The van der Waals surface area contributed by atoms with Crippen molar-refractivity contribution in [2.45, 2.75) is 32.6 Å². The van der Waals surface area contributed by atoms with Crippen molar-refractivity contribution in [1.29, 1.82) is 0 Å². The predicted octanol–water partition coefficient (Wildman–Crippen LogP) is -1.60. The van der Waals surface area contributed by atoms with E-state index in [-0.39, 0.29) is 5.56 Å². The van der Waals surface area contributed by atoms with E-state index in [1.807, 2.05) is 0 Å². The van der Waals surface area contributed by atoms with E-state index in [2.05, 4.69) is 15.0 Å². The van der Waals surface area contributed by atoms with Crippen molar-refractivity contribution in [3.63, 3.8) is 0 Å². The maximum atomic E-state index is 11.6. The number of piperidine rings is 1. The van der Waals surface area contributed by atoms with E-state index in [0.717, 1.165) is 13.0 Å². The highest BCUT2D eigenvalue weighted by atomic mass is 16.3. The van der Waals surface area contributed by atoms with Crippen LogP contribution in [0.15, 0.2) is 14.6 Å². The Balaban J connectivity index is 1.92. The first-order valence-corrected chi connectivity index (χ1v) is 7.46. The number of H-pyrrole nitrogens is 2. The third-order valence-corrected chi connectivity index (χ3v) is 3.87. The zero-order valence-corrected chi connectivity index (χ0v) is 12.3. The average molecular weight is 294 g/mol. The van der Waals surface area contributed by atoms with Gasteiger partial charge >= 0.3 is 5.69 Å². The lowest BCUT2D eigenvalue weighted by Crippen LogP contribution is -3.12. The molecule has 0 bridgehead atoms. The highest BCUT2D eigenvalue weighted by Crippen LogP contribution is 2.03. The van der Waals surface area contributed by atoms with Crippen molar-refractivity contribution in [2.75, 3.05) is 26.2 Å². The molecule has 1 fully saturated rings. The van der Waals surface area contributed by atoms with Gasteiger partial charge in [0.15, 0.2) is 0 Å². The summed E-state index contributed by atoms with van der Waals surface area (Å²) in [6.45, 7) is 5.74. The van der Waals surface area contributed by atoms with Gasteiger partial charge in [0.1, 0.15) is 0 Å². The third kappa shape index (κ3) is 4.29. The highest BCUT2D eigenvalue weighted by molar-refractivity contribution is 6.00. The Labute approximate surface area is 122 Å². The fourth-order valence-corrected chi connectivity index (χ4v) is 2.75. The summed E-state index contributed by atoms with van der Waals surface area (Å²) >= 11 is 0. The molecule has 2 rings (SSSR count). The van der Waals surface area contributed by atoms with Gasteiger partial charge in [-0.05, 0) is 32.1 Å². The van der Waals surface area contributed by atoms with Gasteiger partial charge in [0.25, 0.3) is 5.56 Å². The van der Waals surface area contributed by atoms with Crippen LogP contribution in [-0.4, -0.2) is 41.9 Å². The number of quaternary nitrogens is 1. The van der Waals surface area contributed by atoms with E-state index in [1.165, 1.54) is 32.4 Å². The van der Waals surface area contributed by atoms with E-state index in [4.69, 9.17) is 0 Å². The molecular formula is C14H22N4O3. The van der Waals surface area contributed by atoms with Crippen molar-refractivity contribution >= 4 is 5.71 Å². The number of rotatable bonds is 5. The van der Waals surface area contributed by atoms with Gasteiger partial charge in [-0.3, -0.25) is 14.8 Å². The van der Waals surface area contributed by atoms with Gasteiger partial charge < -0.3 is 15.0 Å². The quantitative estimate of drug-likeness (QED) is 0.450. The molecule has 0 saturated carbocycles. The number of nitrogens with zero attached hydrogens (tertiary/aromatic N) is 1. The first-order valence-electron chi connectivity index (χ1n) is 7.46. The lowest BCUT2D eigenvalue weighted by atomic mass is 10.1. The standard InChI is InChI=1S/C14H22N4O3/c1-10(11-12(19)16-14(21)17-13(11)20)15-6-5-9-18-7-3-2-4-8-18/h2-9H2,1H3,(H3,16,17,19,20,21). The van der Waals surface area contributed by atoms with Crippen LogP contribution in [-0.2, 0) is 0 Å². The van der Waals surface area contributed by atoms with Crippen LogP contribution in [0.1, 0.15) is 38.2 Å². The van der Waals surface area contributed by atoms with Gasteiger partial charge in [0.2, 0.25) is 0 Å². The summed E-state index contributed by atoms with van der Waals surface area (Å²) in [5.41, 5.74) is -1.15. The summed E-state index contributed by atoms with van der Waals surface area (Å²) in [5, 5.41) is 11.6. The third-order valence-electron chi connectivity index (χ3n) is 3.87. The van der Waals surface area contributed by atoms with Crippen molar-refractivity contribution in [3.05, 3.63) is 26.4 Å². The van der Waals surface area contributed by atoms with Gasteiger partial charge in [-0.1, -0.05) is 0 Å². The molecule has 0 unspecified atom stereocenters.